The number of nitrogens with one attached hydrogen (secondary N) is 1. The lowest BCUT2D eigenvalue weighted by Crippen LogP contribution is -2.46. The number of carbonyl (C=O) groups is 1. The van der Waals surface area contributed by atoms with Gasteiger partial charge in [-0.3, -0.25) is 4.90 Å². The average molecular weight is 270 g/mol. The lowest BCUT2D eigenvalue weighted by Gasteiger charge is -2.28. The molecular formula is C10H12BrN3O. The molecule has 0 aliphatic carbocycles. The number of carbonyl (C=O) groups excluding carboxylic acids is 1. The summed E-state index contributed by atoms with van der Waals surface area (Å²) in [5.74, 6) is 0. The Morgan fingerprint density at radius 2 is 2.27 bits per heavy atom. The second-order valence-corrected chi connectivity index (χ2v) is 4.36. The van der Waals surface area contributed by atoms with E-state index >= 15 is 0 Å². The summed E-state index contributed by atoms with van der Waals surface area (Å²) in [6.07, 6.45) is 0.946. The van der Waals surface area contributed by atoms with Gasteiger partial charge in [-0.15, -0.1) is 0 Å². The van der Waals surface area contributed by atoms with Crippen molar-refractivity contribution in [1.82, 2.24) is 5.32 Å². The molecule has 0 saturated carbocycles. The van der Waals surface area contributed by atoms with Crippen LogP contribution in [0.15, 0.2) is 22.7 Å². The van der Waals surface area contributed by atoms with Crippen molar-refractivity contribution in [3.8, 4) is 0 Å². The lowest BCUT2D eigenvalue weighted by atomic mass is 10.2. The molecule has 1 heterocycles. The van der Waals surface area contributed by atoms with Gasteiger partial charge in [0.1, 0.15) is 0 Å². The Morgan fingerprint density at radius 3 is 2.93 bits per heavy atom. The van der Waals surface area contributed by atoms with Gasteiger partial charge in [0.2, 0.25) is 0 Å². The summed E-state index contributed by atoms with van der Waals surface area (Å²) in [5.41, 5.74) is 7.25. The van der Waals surface area contributed by atoms with E-state index in [0.29, 0.717) is 5.69 Å². The summed E-state index contributed by atoms with van der Waals surface area (Å²) in [5, 5.41) is 2.79. The van der Waals surface area contributed by atoms with Crippen LogP contribution in [0.2, 0.25) is 0 Å². The molecule has 1 aromatic rings. The highest BCUT2D eigenvalue weighted by molar-refractivity contribution is 9.10. The van der Waals surface area contributed by atoms with Gasteiger partial charge in [0.15, 0.2) is 0 Å². The van der Waals surface area contributed by atoms with Crippen LogP contribution in [0.25, 0.3) is 0 Å². The minimum absolute atomic E-state index is 0.0738. The highest BCUT2D eigenvalue weighted by atomic mass is 79.9. The highest BCUT2D eigenvalue weighted by Crippen LogP contribution is 2.27. The van der Waals surface area contributed by atoms with Gasteiger partial charge in [-0.1, -0.05) is 15.9 Å². The van der Waals surface area contributed by atoms with Crippen LogP contribution in [0.5, 0.6) is 0 Å². The molecule has 2 amide bonds. The minimum atomic E-state index is -0.0738. The number of halogens is 1. The van der Waals surface area contributed by atoms with E-state index in [1.807, 2.05) is 12.1 Å². The number of hydrogen-bond donors (Lipinski definition) is 2. The fourth-order valence-electron chi connectivity index (χ4n) is 1.63. The normalized spacial score (nSPS) is 16.3. The number of anilines is 2. The highest BCUT2D eigenvalue weighted by Gasteiger charge is 2.20. The van der Waals surface area contributed by atoms with Crippen molar-refractivity contribution in [2.75, 3.05) is 23.7 Å². The van der Waals surface area contributed by atoms with Gasteiger partial charge in [-0.2, -0.15) is 0 Å². The van der Waals surface area contributed by atoms with E-state index in [0.717, 1.165) is 29.7 Å². The second kappa shape index (κ2) is 4.10. The quantitative estimate of drug-likeness (QED) is 0.766. The zero-order valence-corrected chi connectivity index (χ0v) is 9.75. The Morgan fingerprint density at radius 1 is 1.47 bits per heavy atom. The Bertz CT molecular complexity index is 394. The first kappa shape index (κ1) is 10.3. The van der Waals surface area contributed by atoms with Crippen LogP contribution in [0, 0.1) is 0 Å². The predicted octanol–water partition coefficient (Wildman–Crippen LogP) is 1.95. The number of urea groups is 1. The average Bonchev–Trinajstić information content (AvgIpc) is 2.20. The molecule has 3 N–H and O–H groups in total. The number of amides is 2. The zero-order valence-electron chi connectivity index (χ0n) is 8.16. The number of nitrogens with zero attached hydrogens (tertiary/aromatic N) is 1. The maximum atomic E-state index is 11.6. The van der Waals surface area contributed by atoms with Crippen molar-refractivity contribution < 1.29 is 4.79 Å². The maximum absolute atomic E-state index is 11.6. The number of nitrogens with two attached hydrogens (primary N) is 1. The fourth-order valence-corrected chi connectivity index (χ4v) is 2.01. The molecular weight excluding hydrogens is 258 g/mol. The molecule has 0 unspecified atom stereocenters. The smallest absolute Gasteiger partial charge is 0.321 e. The van der Waals surface area contributed by atoms with Gasteiger partial charge >= 0.3 is 6.03 Å². The number of rotatable bonds is 1. The van der Waals surface area contributed by atoms with E-state index in [9.17, 15) is 4.79 Å². The number of hydrogen-bond acceptors (Lipinski definition) is 2. The van der Waals surface area contributed by atoms with Crippen molar-refractivity contribution in [2.45, 2.75) is 6.42 Å². The fraction of sp³-hybridized carbons (Fsp3) is 0.300. The van der Waals surface area contributed by atoms with E-state index < -0.39 is 0 Å². The third-order valence-electron chi connectivity index (χ3n) is 2.36. The van der Waals surface area contributed by atoms with E-state index in [-0.39, 0.29) is 6.03 Å². The van der Waals surface area contributed by atoms with Crippen molar-refractivity contribution in [2.24, 2.45) is 0 Å². The first-order valence-corrected chi connectivity index (χ1v) is 5.58. The Labute approximate surface area is 96.6 Å². The van der Waals surface area contributed by atoms with Crippen LogP contribution in [0.1, 0.15) is 6.42 Å². The standard InChI is InChI=1S/C10H12BrN3O/c11-7-2-3-9(8(12)6-7)14-5-1-4-13-10(14)15/h2-3,6H,1,4-5,12H2,(H,13,15). The molecule has 1 saturated heterocycles. The molecule has 0 atom stereocenters. The number of nitrogen functional groups attached to an aromatic ring is 1. The minimum Gasteiger partial charge on any atom is -0.397 e. The van der Waals surface area contributed by atoms with E-state index in [1.54, 1.807) is 11.0 Å². The van der Waals surface area contributed by atoms with Gasteiger partial charge in [0, 0.05) is 17.6 Å². The van der Waals surface area contributed by atoms with Gasteiger partial charge in [-0.25, -0.2) is 4.79 Å². The molecule has 1 aliphatic heterocycles. The van der Waals surface area contributed by atoms with Crippen LogP contribution in [-0.2, 0) is 0 Å². The molecule has 5 heteroatoms. The molecule has 80 valence electrons. The third kappa shape index (κ3) is 2.07. The first-order chi connectivity index (χ1) is 7.18. The Balaban J connectivity index is 2.31. The van der Waals surface area contributed by atoms with E-state index in [2.05, 4.69) is 21.2 Å². The molecule has 2 rings (SSSR count). The maximum Gasteiger partial charge on any atom is 0.321 e. The molecule has 15 heavy (non-hydrogen) atoms. The molecule has 4 nitrogen and oxygen atoms in total. The van der Waals surface area contributed by atoms with Crippen LogP contribution in [0.3, 0.4) is 0 Å². The molecule has 0 bridgehead atoms. The third-order valence-corrected chi connectivity index (χ3v) is 2.85. The van der Waals surface area contributed by atoms with Crippen LogP contribution < -0.4 is 16.0 Å². The Kier molecular flexibility index (Phi) is 2.81. The van der Waals surface area contributed by atoms with Crippen LogP contribution in [-0.4, -0.2) is 19.1 Å². The molecule has 0 spiro atoms. The SMILES string of the molecule is Nc1cc(Br)ccc1N1CCCNC1=O. The molecule has 0 aromatic heterocycles. The Hall–Kier alpha value is -1.23. The molecule has 1 aromatic carbocycles. The monoisotopic (exact) mass is 269 g/mol. The summed E-state index contributed by atoms with van der Waals surface area (Å²) in [7, 11) is 0. The first-order valence-electron chi connectivity index (χ1n) is 4.79. The largest absolute Gasteiger partial charge is 0.397 e. The summed E-state index contributed by atoms with van der Waals surface area (Å²) >= 11 is 3.34. The van der Waals surface area contributed by atoms with E-state index in [4.69, 9.17) is 5.73 Å². The van der Waals surface area contributed by atoms with Crippen LogP contribution >= 0.6 is 15.9 Å². The van der Waals surface area contributed by atoms with Gasteiger partial charge in [0.25, 0.3) is 0 Å². The van der Waals surface area contributed by atoms with E-state index in [1.165, 1.54) is 0 Å². The van der Waals surface area contributed by atoms with Crippen molar-refractivity contribution in [3.05, 3.63) is 22.7 Å². The summed E-state index contributed by atoms with van der Waals surface area (Å²) < 4.78 is 0.918. The molecule has 0 radical (unpaired) electrons. The molecule has 1 aliphatic rings. The lowest BCUT2D eigenvalue weighted by molar-refractivity contribution is 0.243. The number of benzene rings is 1. The molecule has 1 fully saturated rings. The summed E-state index contributed by atoms with van der Waals surface area (Å²) in [4.78, 5) is 13.3. The van der Waals surface area contributed by atoms with Gasteiger partial charge in [0.05, 0.1) is 11.4 Å². The predicted molar refractivity (Wildman–Crippen MR) is 63.9 cm³/mol. The van der Waals surface area contributed by atoms with Gasteiger partial charge < -0.3 is 11.1 Å². The van der Waals surface area contributed by atoms with Crippen molar-refractivity contribution >= 4 is 33.3 Å². The van der Waals surface area contributed by atoms with Crippen molar-refractivity contribution in [3.63, 3.8) is 0 Å². The van der Waals surface area contributed by atoms with Crippen LogP contribution in [0.4, 0.5) is 16.2 Å². The van der Waals surface area contributed by atoms with Crippen molar-refractivity contribution in [1.29, 1.82) is 0 Å². The van der Waals surface area contributed by atoms with Gasteiger partial charge in [-0.05, 0) is 24.6 Å². The topological polar surface area (TPSA) is 58.4 Å². The second-order valence-electron chi connectivity index (χ2n) is 3.44. The summed E-state index contributed by atoms with van der Waals surface area (Å²) in [6, 6.07) is 5.46. The summed E-state index contributed by atoms with van der Waals surface area (Å²) in [6.45, 7) is 1.46. The zero-order chi connectivity index (χ0) is 10.8.